The molecule has 3 rings (SSSR count). The lowest BCUT2D eigenvalue weighted by Crippen LogP contribution is -2.41. The number of rotatable bonds is 2. The molecule has 0 bridgehead atoms. The number of pyridine rings is 1. The fraction of sp³-hybridized carbons (Fsp3) is 0.625. The Bertz CT molecular complexity index is 558. The topological polar surface area (TPSA) is 53.2 Å². The summed E-state index contributed by atoms with van der Waals surface area (Å²) >= 11 is 0. The van der Waals surface area contributed by atoms with Crippen LogP contribution in [0.4, 0.5) is 0 Å². The van der Waals surface area contributed by atoms with Crippen LogP contribution in [0.2, 0.25) is 0 Å². The minimum atomic E-state index is -0.257. The van der Waals surface area contributed by atoms with Crippen LogP contribution in [0.3, 0.4) is 0 Å². The summed E-state index contributed by atoms with van der Waals surface area (Å²) in [7, 11) is 0. The second-order valence-corrected chi connectivity index (χ2v) is 6.14. The van der Waals surface area contributed by atoms with Gasteiger partial charge < -0.3 is 9.88 Å². The van der Waals surface area contributed by atoms with E-state index in [2.05, 4.69) is 4.98 Å². The number of amides is 1. The summed E-state index contributed by atoms with van der Waals surface area (Å²) in [6, 6.07) is 3.82. The van der Waals surface area contributed by atoms with Gasteiger partial charge in [0.05, 0.1) is 0 Å². The number of hydrogen-bond donors (Lipinski definition) is 1. The number of aryl methyl sites for hydroxylation is 1. The molecule has 2 aliphatic rings. The Morgan fingerprint density at radius 1 is 1.20 bits per heavy atom. The van der Waals surface area contributed by atoms with E-state index in [4.69, 9.17) is 0 Å². The van der Waals surface area contributed by atoms with Crippen LogP contribution in [0.15, 0.2) is 16.9 Å². The van der Waals surface area contributed by atoms with Gasteiger partial charge in [0.15, 0.2) is 0 Å². The molecule has 1 amide bonds. The molecule has 20 heavy (non-hydrogen) atoms. The maximum atomic E-state index is 12.7. The largest absolute Gasteiger partial charge is 0.335 e. The predicted octanol–water partition coefficient (Wildman–Crippen LogP) is 2.48. The molecule has 0 aromatic carbocycles. The van der Waals surface area contributed by atoms with Crippen LogP contribution >= 0.6 is 0 Å². The highest BCUT2D eigenvalue weighted by molar-refractivity contribution is 5.94. The molecule has 2 heterocycles. The van der Waals surface area contributed by atoms with Crippen molar-refractivity contribution in [3.63, 3.8) is 0 Å². The van der Waals surface area contributed by atoms with E-state index in [1.165, 1.54) is 25.7 Å². The number of nitrogens with zero attached hydrogens (tertiary/aromatic N) is 1. The summed E-state index contributed by atoms with van der Waals surface area (Å²) in [5, 5.41) is 0. The van der Waals surface area contributed by atoms with Crippen molar-refractivity contribution >= 4 is 5.91 Å². The van der Waals surface area contributed by atoms with E-state index in [-0.39, 0.29) is 11.5 Å². The van der Waals surface area contributed by atoms with Gasteiger partial charge in [0, 0.05) is 18.3 Å². The van der Waals surface area contributed by atoms with Crippen LogP contribution in [0.1, 0.15) is 54.6 Å². The molecular weight excluding hydrogens is 252 g/mol. The fourth-order valence-corrected chi connectivity index (χ4v) is 3.77. The second kappa shape index (κ2) is 5.43. The molecule has 1 aliphatic heterocycles. The molecule has 4 nitrogen and oxygen atoms in total. The number of carbonyl (C=O) groups is 1. The zero-order chi connectivity index (χ0) is 14.1. The number of nitrogens with one attached hydrogen (secondary N) is 1. The Labute approximate surface area is 119 Å². The van der Waals surface area contributed by atoms with E-state index >= 15 is 0 Å². The lowest BCUT2D eigenvalue weighted by atomic mass is 9.95. The van der Waals surface area contributed by atoms with E-state index in [0.717, 1.165) is 25.1 Å². The maximum absolute atomic E-state index is 12.7. The van der Waals surface area contributed by atoms with Crippen molar-refractivity contribution < 1.29 is 4.79 Å². The molecule has 1 saturated carbocycles. The second-order valence-electron chi connectivity index (χ2n) is 6.14. The summed E-state index contributed by atoms with van der Waals surface area (Å²) in [6.07, 6.45) is 7.21. The SMILES string of the molecule is Cc1ccc(C(=O)N2CCCC2C2CCCC2)c(=O)[nH]1. The van der Waals surface area contributed by atoms with Crippen molar-refractivity contribution in [2.24, 2.45) is 5.92 Å². The average molecular weight is 274 g/mol. The van der Waals surface area contributed by atoms with Gasteiger partial charge in [-0.25, -0.2) is 0 Å². The molecule has 1 atom stereocenters. The first-order valence-corrected chi connectivity index (χ1v) is 7.68. The monoisotopic (exact) mass is 274 g/mol. The van der Waals surface area contributed by atoms with Crippen molar-refractivity contribution in [2.45, 2.75) is 51.5 Å². The van der Waals surface area contributed by atoms with Crippen LogP contribution in [-0.4, -0.2) is 28.4 Å². The standard InChI is InChI=1S/C16H22N2O2/c1-11-8-9-13(15(19)17-11)16(20)18-10-4-7-14(18)12-5-2-3-6-12/h8-9,12,14H,2-7,10H2,1H3,(H,17,19). The van der Waals surface area contributed by atoms with Gasteiger partial charge in [-0.05, 0) is 50.7 Å². The Morgan fingerprint density at radius 3 is 2.65 bits per heavy atom. The summed E-state index contributed by atoms with van der Waals surface area (Å²) in [5.74, 6) is 0.562. The molecule has 0 radical (unpaired) electrons. The Kier molecular flexibility index (Phi) is 3.64. The van der Waals surface area contributed by atoms with Crippen LogP contribution in [0, 0.1) is 12.8 Å². The smallest absolute Gasteiger partial charge is 0.260 e. The van der Waals surface area contributed by atoms with E-state index in [0.29, 0.717) is 17.5 Å². The molecule has 1 aliphatic carbocycles. The van der Waals surface area contributed by atoms with Crippen molar-refractivity contribution in [2.75, 3.05) is 6.54 Å². The average Bonchev–Trinajstić information content (AvgIpc) is 3.09. The third-order valence-corrected chi connectivity index (χ3v) is 4.79. The normalized spacial score (nSPS) is 23.4. The lowest BCUT2D eigenvalue weighted by Gasteiger charge is -2.29. The van der Waals surface area contributed by atoms with Crippen LogP contribution in [0.5, 0.6) is 0 Å². The van der Waals surface area contributed by atoms with E-state index in [1.807, 2.05) is 11.8 Å². The predicted molar refractivity (Wildman–Crippen MR) is 77.8 cm³/mol. The van der Waals surface area contributed by atoms with Gasteiger partial charge in [-0.1, -0.05) is 12.8 Å². The molecule has 108 valence electrons. The first-order valence-electron chi connectivity index (χ1n) is 7.68. The highest BCUT2D eigenvalue weighted by Gasteiger charge is 2.36. The van der Waals surface area contributed by atoms with Crippen molar-refractivity contribution in [1.82, 2.24) is 9.88 Å². The first kappa shape index (κ1) is 13.4. The number of carbonyl (C=O) groups excluding carboxylic acids is 1. The first-order chi connectivity index (χ1) is 9.66. The fourth-order valence-electron chi connectivity index (χ4n) is 3.77. The van der Waals surface area contributed by atoms with E-state index in [9.17, 15) is 9.59 Å². The van der Waals surface area contributed by atoms with E-state index < -0.39 is 0 Å². The highest BCUT2D eigenvalue weighted by atomic mass is 16.2. The van der Waals surface area contributed by atoms with Crippen LogP contribution in [-0.2, 0) is 0 Å². The quantitative estimate of drug-likeness (QED) is 0.900. The molecule has 1 N–H and O–H groups in total. The Balaban J connectivity index is 1.83. The molecule has 4 heteroatoms. The number of aromatic nitrogens is 1. The van der Waals surface area contributed by atoms with Gasteiger partial charge in [-0.2, -0.15) is 0 Å². The number of aromatic amines is 1. The molecule has 1 aromatic rings. The molecule has 0 spiro atoms. The number of hydrogen-bond acceptors (Lipinski definition) is 2. The highest BCUT2D eigenvalue weighted by Crippen LogP contribution is 2.35. The van der Waals surface area contributed by atoms with Gasteiger partial charge in [0.25, 0.3) is 11.5 Å². The number of H-pyrrole nitrogens is 1. The summed E-state index contributed by atoms with van der Waals surface area (Å²) in [6.45, 7) is 2.63. The summed E-state index contributed by atoms with van der Waals surface area (Å²) in [5.41, 5.74) is 0.827. The van der Waals surface area contributed by atoms with Crippen molar-refractivity contribution in [3.05, 3.63) is 33.7 Å². The van der Waals surface area contributed by atoms with Gasteiger partial charge >= 0.3 is 0 Å². The van der Waals surface area contributed by atoms with Gasteiger partial charge in [0.2, 0.25) is 0 Å². The molecule has 1 unspecified atom stereocenters. The van der Waals surface area contributed by atoms with Crippen LogP contribution in [0.25, 0.3) is 0 Å². The molecule has 1 aromatic heterocycles. The third-order valence-electron chi connectivity index (χ3n) is 4.79. The maximum Gasteiger partial charge on any atom is 0.260 e. The molecule has 2 fully saturated rings. The van der Waals surface area contributed by atoms with Crippen LogP contribution < -0.4 is 5.56 Å². The van der Waals surface area contributed by atoms with E-state index in [1.54, 1.807) is 12.1 Å². The summed E-state index contributed by atoms with van der Waals surface area (Å²) < 4.78 is 0. The minimum absolute atomic E-state index is 0.0827. The minimum Gasteiger partial charge on any atom is -0.335 e. The molecular formula is C16H22N2O2. The Hall–Kier alpha value is -1.58. The Morgan fingerprint density at radius 2 is 1.95 bits per heavy atom. The summed E-state index contributed by atoms with van der Waals surface area (Å²) in [4.78, 5) is 29.3. The van der Waals surface area contributed by atoms with Crippen molar-refractivity contribution in [3.8, 4) is 0 Å². The zero-order valence-corrected chi connectivity index (χ0v) is 12.0. The third kappa shape index (κ3) is 2.39. The van der Waals surface area contributed by atoms with Gasteiger partial charge in [-0.3, -0.25) is 9.59 Å². The van der Waals surface area contributed by atoms with Crippen molar-refractivity contribution in [1.29, 1.82) is 0 Å². The lowest BCUT2D eigenvalue weighted by molar-refractivity contribution is 0.0687. The zero-order valence-electron chi connectivity index (χ0n) is 12.0. The number of likely N-dealkylation sites (tertiary alicyclic amines) is 1. The van der Waals surface area contributed by atoms with Gasteiger partial charge in [0.1, 0.15) is 5.56 Å². The van der Waals surface area contributed by atoms with Gasteiger partial charge in [-0.15, -0.1) is 0 Å². The molecule has 1 saturated heterocycles.